The Hall–Kier alpha value is -1.53. The van der Waals surface area contributed by atoms with Gasteiger partial charge in [0.15, 0.2) is 0 Å². The minimum absolute atomic E-state index is 0.156. The topological polar surface area (TPSA) is 45.0 Å². The van der Waals surface area contributed by atoms with E-state index in [0.717, 1.165) is 31.7 Å². The maximum atomic E-state index is 8.69. The zero-order valence-corrected chi connectivity index (χ0v) is 11.8. The first-order valence-electron chi connectivity index (χ1n) is 6.94. The molecule has 0 spiro atoms. The molecule has 19 heavy (non-hydrogen) atoms. The van der Waals surface area contributed by atoms with Gasteiger partial charge >= 0.3 is 0 Å². The molecular formula is C16H22N2O. The van der Waals surface area contributed by atoms with Crippen LogP contribution in [0.5, 0.6) is 5.75 Å². The van der Waals surface area contributed by atoms with Gasteiger partial charge in [-0.15, -0.1) is 0 Å². The monoisotopic (exact) mass is 258 g/mol. The van der Waals surface area contributed by atoms with Crippen molar-refractivity contribution in [2.24, 2.45) is 5.41 Å². The second-order valence-electron chi connectivity index (χ2n) is 5.93. The average molecular weight is 258 g/mol. The Morgan fingerprint density at radius 2 is 2.21 bits per heavy atom. The Morgan fingerprint density at radius 3 is 3.00 bits per heavy atom. The van der Waals surface area contributed by atoms with Crippen molar-refractivity contribution in [2.75, 3.05) is 13.2 Å². The lowest BCUT2D eigenvalue weighted by atomic mass is 9.87. The number of rotatable bonds is 5. The molecule has 2 rings (SSSR count). The molecule has 1 unspecified atom stereocenters. The number of para-hydroxylation sites is 1. The average Bonchev–Trinajstić information content (AvgIpc) is 2.43. The Balaban J connectivity index is 1.96. The number of fused-ring (bicyclic) bond motifs is 1. The van der Waals surface area contributed by atoms with E-state index < -0.39 is 0 Å². The first kappa shape index (κ1) is 13.9. The molecular weight excluding hydrogens is 236 g/mol. The molecule has 1 aliphatic rings. The number of nitrogens with zero attached hydrogens (tertiary/aromatic N) is 1. The van der Waals surface area contributed by atoms with Crippen LogP contribution in [0, 0.1) is 16.7 Å². The summed E-state index contributed by atoms with van der Waals surface area (Å²) in [6, 6.07) is 10.8. The third-order valence-electron chi connectivity index (χ3n) is 3.70. The van der Waals surface area contributed by atoms with E-state index in [1.54, 1.807) is 0 Å². The Kier molecular flexibility index (Phi) is 4.44. The van der Waals surface area contributed by atoms with Gasteiger partial charge in [-0.1, -0.05) is 32.0 Å². The Bertz CT molecular complexity index is 462. The lowest BCUT2D eigenvalue weighted by Gasteiger charge is -2.31. The van der Waals surface area contributed by atoms with E-state index in [1.807, 2.05) is 12.1 Å². The van der Waals surface area contributed by atoms with Crippen molar-refractivity contribution in [1.82, 2.24) is 5.32 Å². The van der Waals surface area contributed by atoms with E-state index in [9.17, 15) is 0 Å². The molecule has 0 radical (unpaired) electrons. The van der Waals surface area contributed by atoms with Crippen molar-refractivity contribution in [3.05, 3.63) is 29.8 Å². The summed E-state index contributed by atoms with van der Waals surface area (Å²) in [7, 11) is 0. The normalized spacial score (nSPS) is 18.3. The molecule has 1 aromatic carbocycles. The molecule has 102 valence electrons. The van der Waals surface area contributed by atoms with Crippen LogP contribution in [0.2, 0.25) is 0 Å². The van der Waals surface area contributed by atoms with Crippen LogP contribution in [0.1, 0.15) is 44.7 Å². The van der Waals surface area contributed by atoms with E-state index in [-0.39, 0.29) is 5.41 Å². The highest BCUT2D eigenvalue weighted by atomic mass is 16.5. The maximum absolute atomic E-state index is 8.69. The highest BCUT2D eigenvalue weighted by Crippen LogP contribution is 2.32. The van der Waals surface area contributed by atoms with Crippen LogP contribution in [0.4, 0.5) is 0 Å². The molecule has 0 aliphatic carbocycles. The predicted octanol–water partition coefficient (Wildman–Crippen LogP) is 3.43. The number of benzene rings is 1. The van der Waals surface area contributed by atoms with Gasteiger partial charge in [0.1, 0.15) is 5.75 Å². The molecule has 3 heteroatoms. The molecule has 0 saturated heterocycles. The van der Waals surface area contributed by atoms with Gasteiger partial charge in [0, 0.05) is 31.0 Å². The zero-order valence-electron chi connectivity index (χ0n) is 11.8. The van der Waals surface area contributed by atoms with Crippen molar-refractivity contribution in [3.63, 3.8) is 0 Å². The number of nitriles is 1. The fourth-order valence-corrected chi connectivity index (χ4v) is 2.44. The maximum Gasteiger partial charge on any atom is 0.124 e. The SMILES string of the molecule is CC(C)(CCC#N)CNC1CCOc2ccccc21. The third kappa shape index (κ3) is 3.71. The predicted molar refractivity (Wildman–Crippen MR) is 75.9 cm³/mol. The van der Waals surface area contributed by atoms with Crippen molar-refractivity contribution < 1.29 is 4.74 Å². The molecule has 0 amide bonds. The molecule has 3 nitrogen and oxygen atoms in total. The van der Waals surface area contributed by atoms with Gasteiger partial charge in [-0.25, -0.2) is 0 Å². The molecule has 1 N–H and O–H groups in total. The van der Waals surface area contributed by atoms with E-state index >= 15 is 0 Å². The van der Waals surface area contributed by atoms with Crippen LogP contribution in [-0.4, -0.2) is 13.2 Å². The zero-order chi connectivity index (χ0) is 13.7. The molecule has 1 heterocycles. The largest absolute Gasteiger partial charge is 0.493 e. The van der Waals surface area contributed by atoms with Crippen molar-refractivity contribution in [3.8, 4) is 11.8 Å². The summed E-state index contributed by atoms with van der Waals surface area (Å²) < 4.78 is 5.67. The van der Waals surface area contributed by atoms with Crippen LogP contribution < -0.4 is 10.1 Å². The van der Waals surface area contributed by atoms with Gasteiger partial charge in [-0.05, 0) is 17.9 Å². The van der Waals surface area contributed by atoms with Crippen LogP contribution >= 0.6 is 0 Å². The lowest BCUT2D eigenvalue weighted by molar-refractivity contribution is 0.232. The van der Waals surface area contributed by atoms with Gasteiger partial charge in [0.2, 0.25) is 0 Å². The summed E-state index contributed by atoms with van der Waals surface area (Å²) in [4.78, 5) is 0. The molecule has 0 fully saturated rings. The van der Waals surface area contributed by atoms with Crippen molar-refractivity contribution >= 4 is 0 Å². The number of hydrogen-bond donors (Lipinski definition) is 1. The van der Waals surface area contributed by atoms with Gasteiger partial charge in [-0.2, -0.15) is 5.26 Å². The minimum atomic E-state index is 0.156. The fraction of sp³-hybridized carbons (Fsp3) is 0.562. The van der Waals surface area contributed by atoms with Crippen molar-refractivity contribution in [2.45, 2.75) is 39.2 Å². The van der Waals surface area contributed by atoms with Crippen LogP contribution in [0.15, 0.2) is 24.3 Å². The number of nitrogens with one attached hydrogen (secondary N) is 1. The summed E-state index contributed by atoms with van der Waals surface area (Å²) >= 11 is 0. The van der Waals surface area contributed by atoms with Gasteiger partial charge < -0.3 is 10.1 Å². The molecule has 1 aliphatic heterocycles. The fourth-order valence-electron chi connectivity index (χ4n) is 2.44. The first-order valence-corrected chi connectivity index (χ1v) is 6.94. The Morgan fingerprint density at radius 1 is 1.42 bits per heavy atom. The first-order chi connectivity index (χ1) is 9.12. The van der Waals surface area contributed by atoms with Crippen LogP contribution in [0.25, 0.3) is 0 Å². The summed E-state index contributed by atoms with van der Waals surface area (Å²) in [6.45, 7) is 6.12. The van der Waals surface area contributed by atoms with Crippen LogP contribution in [-0.2, 0) is 0 Å². The highest BCUT2D eigenvalue weighted by Gasteiger charge is 2.24. The molecule has 0 saturated carbocycles. The standard InChI is InChI=1S/C16H22N2O/c1-16(2,9-5-10-17)12-18-14-8-11-19-15-7-4-3-6-13(14)15/h3-4,6-7,14,18H,5,8-9,11-12H2,1-2H3. The highest BCUT2D eigenvalue weighted by molar-refractivity contribution is 5.37. The van der Waals surface area contributed by atoms with E-state index in [1.165, 1.54) is 5.56 Å². The molecule has 1 aromatic rings. The quantitative estimate of drug-likeness (QED) is 0.880. The number of hydrogen-bond acceptors (Lipinski definition) is 3. The molecule has 1 atom stereocenters. The van der Waals surface area contributed by atoms with Gasteiger partial charge in [0.05, 0.1) is 12.7 Å². The summed E-state index contributed by atoms with van der Waals surface area (Å²) in [5.74, 6) is 1.00. The second-order valence-corrected chi connectivity index (χ2v) is 5.93. The smallest absolute Gasteiger partial charge is 0.124 e. The Labute approximate surface area is 115 Å². The summed E-state index contributed by atoms with van der Waals surface area (Å²) in [5.41, 5.74) is 1.41. The van der Waals surface area contributed by atoms with E-state index in [2.05, 4.69) is 37.4 Å². The van der Waals surface area contributed by atoms with E-state index in [4.69, 9.17) is 10.00 Å². The van der Waals surface area contributed by atoms with Gasteiger partial charge in [-0.3, -0.25) is 0 Å². The minimum Gasteiger partial charge on any atom is -0.493 e. The van der Waals surface area contributed by atoms with E-state index in [0.29, 0.717) is 12.5 Å². The van der Waals surface area contributed by atoms with Gasteiger partial charge in [0.25, 0.3) is 0 Å². The van der Waals surface area contributed by atoms with Crippen LogP contribution in [0.3, 0.4) is 0 Å². The molecule has 0 aromatic heterocycles. The van der Waals surface area contributed by atoms with Crippen molar-refractivity contribution in [1.29, 1.82) is 5.26 Å². The number of ether oxygens (including phenoxy) is 1. The summed E-state index contributed by atoms with van der Waals surface area (Å²) in [5, 5.41) is 12.3. The second kappa shape index (κ2) is 6.08. The molecule has 0 bridgehead atoms. The lowest BCUT2D eigenvalue weighted by Crippen LogP contribution is -2.34. The third-order valence-corrected chi connectivity index (χ3v) is 3.70. The summed E-state index contributed by atoms with van der Waals surface area (Å²) in [6.07, 6.45) is 2.56.